The van der Waals surface area contributed by atoms with Crippen molar-refractivity contribution < 1.29 is 28.6 Å². The average Bonchev–Trinajstić information content (AvgIpc) is 2.71. The molecule has 0 radical (unpaired) electrons. The van der Waals surface area contributed by atoms with Crippen LogP contribution in [0.3, 0.4) is 0 Å². The van der Waals surface area contributed by atoms with Gasteiger partial charge in [0.05, 0.1) is 5.92 Å². The number of amides is 1. The maximum absolute atomic E-state index is 12.5. The molecule has 0 unspecified atom stereocenters. The van der Waals surface area contributed by atoms with Gasteiger partial charge >= 0.3 is 18.0 Å². The molecular weight excluding hydrogens is 374 g/mol. The highest BCUT2D eigenvalue weighted by Gasteiger charge is 2.31. The Balaban J connectivity index is 1.80. The van der Waals surface area contributed by atoms with Crippen LogP contribution in [-0.4, -0.2) is 41.8 Å². The number of carbonyl (C=O) groups is 3. The van der Waals surface area contributed by atoms with Crippen LogP contribution in [0.15, 0.2) is 30.3 Å². The van der Waals surface area contributed by atoms with Crippen LogP contribution < -0.4 is 0 Å². The molecule has 0 bridgehead atoms. The number of hydrogen-bond donors (Lipinski definition) is 0. The lowest BCUT2D eigenvalue weighted by Gasteiger charge is -2.33. The molecule has 7 heteroatoms. The van der Waals surface area contributed by atoms with Crippen molar-refractivity contribution in [2.75, 3.05) is 13.3 Å². The molecule has 29 heavy (non-hydrogen) atoms. The standard InChI is InChI=1S/C22H31NO6/c1-22(2,3)23(14-19(24)27-15-17-10-6-4-7-11-17)21(26)29-16-28-20(25)18-12-8-5-9-13-18/h4,6-7,10-11,18H,5,8-9,12-16H2,1-3H3. The van der Waals surface area contributed by atoms with Gasteiger partial charge in [0.1, 0.15) is 13.2 Å². The van der Waals surface area contributed by atoms with E-state index in [2.05, 4.69) is 0 Å². The summed E-state index contributed by atoms with van der Waals surface area (Å²) >= 11 is 0. The van der Waals surface area contributed by atoms with Gasteiger partial charge in [0, 0.05) is 5.54 Å². The lowest BCUT2D eigenvalue weighted by atomic mass is 9.89. The largest absolute Gasteiger partial charge is 0.459 e. The van der Waals surface area contributed by atoms with Gasteiger partial charge in [-0.1, -0.05) is 49.6 Å². The minimum absolute atomic E-state index is 0.117. The van der Waals surface area contributed by atoms with Crippen LogP contribution in [-0.2, 0) is 30.4 Å². The molecule has 160 valence electrons. The monoisotopic (exact) mass is 405 g/mol. The molecule has 0 aromatic heterocycles. The van der Waals surface area contributed by atoms with E-state index >= 15 is 0 Å². The Morgan fingerprint density at radius 2 is 1.62 bits per heavy atom. The number of esters is 2. The first-order valence-corrected chi connectivity index (χ1v) is 10.1. The van der Waals surface area contributed by atoms with E-state index in [4.69, 9.17) is 14.2 Å². The van der Waals surface area contributed by atoms with Crippen molar-refractivity contribution in [2.45, 2.75) is 65.0 Å². The number of carbonyl (C=O) groups excluding carboxylic acids is 3. The SMILES string of the molecule is CC(C)(C)N(CC(=O)OCc1ccccc1)C(=O)OCOC(=O)C1CCCCC1. The van der Waals surface area contributed by atoms with Crippen LogP contribution >= 0.6 is 0 Å². The van der Waals surface area contributed by atoms with Crippen molar-refractivity contribution in [3.05, 3.63) is 35.9 Å². The highest BCUT2D eigenvalue weighted by molar-refractivity contribution is 5.78. The second-order valence-corrected chi connectivity index (χ2v) is 8.23. The summed E-state index contributed by atoms with van der Waals surface area (Å²) in [6, 6.07) is 9.30. The molecule has 0 saturated heterocycles. The van der Waals surface area contributed by atoms with E-state index in [-0.39, 0.29) is 25.0 Å². The smallest absolute Gasteiger partial charge is 0.413 e. The summed E-state index contributed by atoms with van der Waals surface area (Å²) in [6.45, 7) is 4.77. The molecule has 0 spiro atoms. The Labute approximate surface area is 172 Å². The minimum Gasteiger partial charge on any atom is -0.459 e. The fourth-order valence-corrected chi connectivity index (χ4v) is 3.16. The molecule has 0 aliphatic heterocycles. The first kappa shape index (κ1) is 22.7. The van der Waals surface area contributed by atoms with Crippen molar-refractivity contribution in [3.8, 4) is 0 Å². The zero-order valence-corrected chi connectivity index (χ0v) is 17.5. The molecule has 0 atom stereocenters. The summed E-state index contributed by atoms with van der Waals surface area (Å²) < 4.78 is 15.4. The first-order chi connectivity index (χ1) is 13.8. The third kappa shape index (κ3) is 7.75. The highest BCUT2D eigenvalue weighted by Crippen LogP contribution is 2.24. The van der Waals surface area contributed by atoms with Crippen molar-refractivity contribution >= 4 is 18.0 Å². The molecule has 7 nitrogen and oxygen atoms in total. The van der Waals surface area contributed by atoms with Crippen LogP contribution in [0.1, 0.15) is 58.4 Å². The summed E-state index contributed by atoms with van der Waals surface area (Å²) in [5.74, 6) is -0.990. The van der Waals surface area contributed by atoms with Gasteiger partial charge in [-0.3, -0.25) is 14.5 Å². The highest BCUT2D eigenvalue weighted by atomic mass is 16.7. The lowest BCUT2D eigenvalue weighted by molar-refractivity contribution is -0.159. The van der Waals surface area contributed by atoms with Gasteiger partial charge in [0.2, 0.25) is 6.79 Å². The van der Waals surface area contributed by atoms with E-state index < -0.39 is 24.4 Å². The van der Waals surface area contributed by atoms with Gasteiger partial charge < -0.3 is 14.2 Å². The zero-order chi connectivity index (χ0) is 21.3. The Hall–Kier alpha value is -2.57. The van der Waals surface area contributed by atoms with Crippen molar-refractivity contribution in [1.29, 1.82) is 0 Å². The number of hydrogen-bond acceptors (Lipinski definition) is 6. The average molecular weight is 405 g/mol. The maximum Gasteiger partial charge on any atom is 0.413 e. The molecule has 2 rings (SSSR count). The normalized spacial score (nSPS) is 14.7. The number of rotatable bonds is 7. The molecule has 1 fully saturated rings. The third-order valence-electron chi connectivity index (χ3n) is 4.88. The maximum atomic E-state index is 12.5. The third-order valence-corrected chi connectivity index (χ3v) is 4.88. The summed E-state index contributed by atoms with van der Waals surface area (Å²) in [7, 11) is 0. The summed E-state index contributed by atoms with van der Waals surface area (Å²) in [5, 5.41) is 0. The van der Waals surface area contributed by atoms with Gasteiger partial charge in [0.25, 0.3) is 0 Å². The van der Waals surface area contributed by atoms with Crippen LogP contribution in [0, 0.1) is 5.92 Å². The second kappa shape index (κ2) is 10.8. The Kier molecular flexibility index (Phi) is 8.49. The Bertz CT molecular complexity index is 676. The van der Waals surface area contributed by atoms with Gasteiger partial charge in [-0.2, -0.15) is 0 Å². The molecule has 1 aromatic rings. The van der Waals surface area contributed by atoms with E-state index in [1.807, 2.05) is 30.3 Å². The van der Waals surface area contributed by atoms with E-state index in [1.165, 1.54) is 4.90 Å². The lowest BCUT2D eigenvalue weighted by Crippen LogP contribution is -2.49. The topological polar surface area (TPSA) is 82.1 Å². The van der Waals surface area contributed by atoms with Crippen molar-refractivity contribution in [2.24, 2.45) is 5.92 Å². The molecule has 1 aromatic carbocycles. The Morgan fingerprint density at radius 3 is 2.24 bits per heavy atom. The van der Waals surface area contributed by atoms with Crippen molar-refractivity contribution in [1.82, 2.24) is 4.90 Å². The molecule has 1 aliphatic rings. The fourth-order valence-electron chi connectivity index (χ4n) is 3.16. The van der Waals surface area contributed by atoms with Crippen LogP contribution in [0.25, 0.3) is 0 Å². The van der Waals surface area contributed by atoms with Gasteiger partial charge in [0.15, 0.2) is 0 Å². The van der Waals surface area contributed by atoms with E-state index in [9.17, 15) is 14.4 Å². The molecule has 1 amide bonds. The predicted molar refractivity (Wildman–Crippen MR) is 107 cm³/mol. The zero-order valence-electron chi connectivity index (χ0n) is 17.5. The van der Waals surface area contributed by atoms with Crippen molar-refractivity contribution in [3.63, 3.8) is 0 Å². The van der Waals surface area contributed by atoms with E-state index in [0.717, 1.165) is 37.7 Å². The Morgan fingerprint density at radius 1 is 0.966 bits per heavy atom. The van der Waals surface area contributed by atoms with Crippen LogP contribution in [0.2, 0.25) is 0 Å². The first-order valence-electron chi connectivity index (χ1n) is 10.1. The number of ether oxygens (including phenoxy) is 3. The van der Waals surface area contributed by atoms with E-state index in [1.54, 1.807) is 20.8 Å². The quantitative estimate of drug-likeness (QED) is 0.503. The molecule has 1 aliphatic carbocycles. The van der Waals surface area contributed by atoms with E-state index in [0.29, 0.717) is 0 Å². The minimum atomic E-state index is -0.731. The second-order valence-electron chi connectivity index (χ2n) is 8.23. The number of benzene rings is 1. The van der Waals surface area contributed by atoms with Gasteiger partial charge in [-0.05, 0) is 39.2 Å². The summed E-state index contributed by atoms with van der Waals surface area (Å²) in [4.78, 5) is 38.0. The number of nitrogens with zero attached hydrogens (tertiary/aromatic N) is 1. The fraction of sp³-hybridized carbons (Fsp3) is 0.591. The summed E-state index contributed by atoms with van der Waals surface area (Å²) in [5.41, 5.74) is 0.191. The molecular formula is C22H31NO6. The molecule has 1 saturated carbocycles. The van der Waals surface area contributed by atoms with Gasteiger partial charge in [-0.15, -0.1) is 0 Å². The predicted octanol–water partition coefficient (Wildman–Crippen LogP) is 4.05. The summed E-state index contributed by atoms with van der Waals surface area (Å²) in [6.07, 6.45) is 4.07. The van der Waals surface area contributed by atoms with Crippen LogP contribution in [0.4, 0.5) is 4.79 Å². The van der Waals surface area contributed by atoms with Crippen LogP contribution in [0.5, 0.6) is 0 Å². The van der Waals surface area contributed by atoms with Gasteiger partial charge in [-0.25, -0.2) is 4.79 Å². The molecule has 0 heterocycles. The molecule has 0 N–H and O–H groups in total.